The van der Waals surface area contributed by atoms with Gasteiger partial charge in [-0.1, -0.05) is 23.4 Å². The number of rotatable bonds is 9. The van der Waals surface area contributed by atoms with E-state index in [0.29, 0.717) is 43.6 Å². The van der Waals surface area contributed by atoms with Crippen molar-refractivity contribution in [2.24, 2.45) is 5.92 Å². The summed E-state index contributed by atoms with van der Waals surface area (Å²) >= 11 is 0. The number of amides is 1. The van der Waals surface area contributed by atoms with Crippen LogP contribution in [0.1, 0.15) is 25.7 Å². The summed E-state index contributed by atoms with van der Waals surface area (Å²) in [5, 5.41) is 7.08. The normalized spacial score (nSPS) is 15.8. The molecule has 4 rings (SSSR count). The van der Waals surface area contributed by atoms with Crippen molar-refractivity contribution in [1.29, 1.82) is 0 Å². The average molecular weight is 421 g/mol. The van der Waals surface area contributed by atoms with E-state index in [1.165, 1.54) is 5.69 Å². The highest BCUT2D eigenvalue weighted by atomic mass is 16.5. The molecule has 2 heterocycles. The minimum absolute atomic E-state index is 0.0129. The van der Waals surface area contributed by atoms with Crippen molar-refractivity contribution in [3.8, 4) is 17.1 Å². The van der Waals surface area contributed by atoms with Gasteiger partial charge in [-0.15, -0.1) is 0 Å². The van der Waals surface area contributed by atoms with E-state index >= 15 is 0 Å². The highest BCUT2D eigenvalue weighted by Gasteiger charge is 2.23. The molecule has 0 spiro atoms. The number of benzene rings is 2. The molecule has 1 aliphatic rings. The van der Waals surface area contributed by atoms with Gasteiger partial charge in [0.1, 0.15) is 5.75 Å². The van der Waals surface area contributed by atoms with Crippen molar-refractivity contribution in [3.63, 3.8) is 0 Å². The van der Waals surface area contributed by atoms with Crippen LogP contribution in [0.5, 0.6) is 5.75 Å². The second kappa shape index (κ2) is 10.1. The van der Waals surface area contributed by atoms with E-state index in [4.69, 9.17) is 9.26 Å². The first kappa shape index (κ1) is 20.9. The summed E-state index contributed by atoms with van der Waals surface area (Å²) in [5.74, 6) is 2.28. The number of nitrogens with one attached hydrogen (secondary N) is 1. The maximum absolute atomic E-state index is 12.3. The lowest BCUT2D eigenvalue weighted by Crippen LogP contribution is -2.31. The molecule has 1 N–H and O–H groups in total. The van der Waals surface area contributed by atoms with Gasteiger partial charge in [0.15, 0.2) is 0 Å². The topological polar surface area (TPSA) is 80.5 Å². The maximum Gasteiger partial charge on any atom is 0.227 e. The van der Waals surface area contributed by atoms with Crippen LogP contribution < -0.4 is 15.0 Å². The molecule has 7 nitrogen and oxygen atoms in total. The zero-order valence-electron chi connectivity index (χ0n) is 17.8. The molecule has 1 unspecified atom stereocenters. The fraction of sp³-hybridized carbons (Fsp3) is 0.375. The number of para-hydroxylation sites is 1. The van der Waals surface area contributed by atoms with Crippen molar-refractivity contribution >= 4 is 11.6 Å². The predicted octanol–water partition coefficient (Wildman–Crippen LogP) is 3.71. The van der Waals surface area contributed by atoms with Crippen LogP contribution in [0, 0.1) is 5.92 Å². The van der Waals surface area contributed by atoms with Gasteiger partial charge in [-0.05, 0) is 55.7 Å². The molecule has 31 heavy (non-hydrogen) atoms. The smallest absolute Gasteiger partial charge is 0.227 e. The molecule has 0 saturated carbocycles. The average Bonchev–Trinajstić information content (AvgIpc) is 3.48. The van der Waals surface area contributed by atoms with E-state index < -0.39 is 0 Å². The zero-order chi connectivity index (χ0) is 21.5. The van der Waals surface area contributed by atoms with Crippen molar-refractivity contribution in [2.45, 2.75) is 26.2 Å². The Labute approximate surface area is 182 Å². The lowest BCUT2D eigenvalue weighted by molar-refractivity contribution is -0.121. The van der Waals surface area contributed by atoms with Gasteiger partial charge in [-0.2, -0.15) is 4.98 Å². The van der Waals surface area contributed by atoms with Crippen LogP contribution in [0.4, 0.5) is 5.69 Å². The molecule has 1 amide bonds. The van der Waals surface area contributed by atoms with Crippen molar-refractivity contribution in [1.82, 2.24) is 15.5 Å². The van der Waals surface area contributed by atoms with Crippen LogP contribution in [0.15, 0.2) is 59.1 Å². The monoisotopic (exact) mass is 420 g/mol. The quantitative estimate of drug-likeness (QED) is 0.568. The number of aromatic nitrogens is 2. The number of aryl methyl sites for hydroxylation is 1. The van der Waals surface area contributed by atoms with Crippen molar-refractivity contribution < 1.29 is 14.1 Å². The third-order valence-corrected chi connectivity index (χ3v) is 5.45. The van der Waals surface area contributed by atoms with Crippen LogP contribution in [0.3, 0.4) is 0 Å². The van der Waals surface area contributed by atoms with Crippen molar-refractivity contribution in [2.75, 3.05) is 31.1 Å². The predicted molar refractivity (Wildman–Crippen MR) is 119 cm³/mol. The molecule has 1 aromatic heterocycles. The standard InChI is InChI=1S/C24H28N4O3/c1-2-30-21-10-8-19(9-11-21)24-26-23(31-27-24)13-12-22(29)25-16-18-14-15-28(17-18)20-6-4-3-5-7-20/h3-11,18H,2,12-17H2,1H3,(H,25,29). The first-order chi connectivity index (χ1) is 15.2. The summed E-state index contributed by atoms with van der Waals surface area (Å²) in [6, 6.07) is 18.0. The number of carbonyl (C=O) groups excluding carboxylic acids is 1. The number of nitrogens with zero attached hydrogens (tertiary/aromatic N) is 3. The van der Waals surface area contributed by atoms with E-state index in [2.05, 4.69) is 44.6 Å². The molecule has 162 valence electrons. The molecule has 0 bridgehead atoms. The van der Waals surface area contributed by atoms with Crippen LogP contribution in [-0.2, 0) is 11.2 Å². The molecular formula is C24H28N4O3. The Balaban J connectivity index is 1.20. The summed E-state index contributed by atoms with van der Waals surface area (Å²) in [6.07, 6.45) is 1.85. The SMILES string of the molecule is CCOc1ccc(-c2noc(CCC(=O)NCC3CCN(c4ccccc4)C3)n2)cc1. The van der Waals surface area contributed by atoms with Gasteiger partial charge in [-0.3, -0.25) is 4.79 Å². The van der Waals surface area contributed by atoms with Gasteiger partial charge in [-0.25, -0.2) is 0 Å². The second-order valence-electron chi connectivity index (χ2n) is 7.71. The molecule has 2 aromatic carbocycles. The number of carbonyl (C=O) groups is 1. The van der Waals surface area contributed by atoms with Crippen LogP contribution >= 0.6 is 0 Å². The molecule has 0 radical (unpaired) electrons. The largest absolute Gasteiger partial charge is 0.494 e. The van der Waals surface area contributed by atoms with Crippen LogP contribution in [-0.4, -0.2) is 42.3 Å². The molecule has 0 aliphatic carbocycles. The summed E-state index contributed by atoms with van der Waals surface area (Å²) in [6.45, 7) is 5.27. The minimum Gasteiger partial charge on any atom is -0.494 e. The molecule has 3 aromatic rings. The maximum atomic E-state index is 12.3. The first-order valence-electron chi connectivity index (χ1n) is 10.8. The Morgan fingerprint density at radius 2 is 2.00 bits per heavy atom. The number of ether oxygens (including phenoxy) is 1. The summed E-state index contributed by atoms with van der Waals surface area (Å²) in [5.41, 5.74) is 2.10. The van der Waals surface area contributed by atoms with E-state index in [9.17, 15) is 4.79 Å². The molecule has 1 fully saturated rings. The molecule has 1 saturated heterocycles. The van der Waals surface area contributed by atoms with E-state index in [1.807, 2.05) is 37.3 Å². The minimum atomic E-state index is 0.0129. The Bertz CT molecular complexity index is 972. The van der Waals surface area contributed by atoms with Crippen LogP contribution in [0.2, 0.25) is 0 Å². The summed E-state index contributed by atoms with van der Waals surface area (Å²) in [4.78, 5) is 19.0. The third-order valence-electron chi connectivity index (χ3n) is 5.45. The Kier molecular flexibility index (Phi) is 6.82. The van der Waals surface area contributed by atoms with E-state index in [1.54, 1.807) is 0 Å². The highest BCUT2D eigenvalue weighted by molar-refractivity contribution is 5.76. The molecule has 1 aliphatic heterocycles. The lowest BCUT2D eigenvalue weighted by atomic mass is 10.1. The Morgan fingerprint density at radius 1 is 1.19 bits per heavy atom. The van der Waals surface area contributed by atoms with Gasteiger partial charge in [0, 0.05) is 43.7 Å². The number of anilines is 1. The molecule has 7 heteroatoms. The van der Waals surface area contributed by atoms with Gasteiger partial charge in [0.05, 0.1) is 6.61 Å². The first-order valence-corrected chi connectivity index (χ1v) is 10.8. The summed E-state index contributed by atoms with van der Waals surface area (Å²) < 4.78 is 10.8. The highest BCUT2D eigenvalue weighted by Crippen LogP contribution is 2.23. The van der Waals surface area contributed by atoms with Gasteiger partial charge in [0.2, 0.25) is 17.6 Å². The Morgan fingerprint density at radius 3 is 2.77 bits per heavy atom. The van der Waals surface area contributed by atoms with E-state index in [0.717, 1.165) is 30.8 Å². The Hall–Kier alpha value is -3.35. The van der Waals surface area contributed by atoms with E-state index in [-0.39, 0.29) is 5.91 Å². The van der Waals surface area contributed by atoms with Gasteiger partial charge in [0.25, 0.3) is 0 Å². The van der Waals surface area contributed by atoms with Crippen molar-refractivity contribution in [3.05, 3.63) is 60.5 Å². The summed E-state index contributed by atoms with van der Waals surface area (Å²) in [7, 11) is 0. The number of hydrogen-bond acceptors (Lipinski definition) is 6. The fourth-order valence-electron chi connectivity index (χ4n) is 3.78. The van der Waals surface area contributed by atoms with Gasteiger partial charge >= 0.3 is 0 Å². The van der Waals surface area contributed by atoms with Gasteiger partial charge < -0.3 is 19.5 Å². The lowest BCUT2D eigenvalue weighted by Gasteiger charge is -2.18. The number of hydrogen-bond donors (Lipinski definition) is 1. The molecular weight excluding hydrogens is 392 g/mol. The second-order valence-corrected chi connectivity index (χ2v) is 7.71. The zero-order valence-corrected chi connectivity index (χ0v) is 17.8. The molecule has 1 atom stereocenters. The van der Waals surface area contributed by atoms with Crippen LogP contribution in [0.25, 0.3) is 11.4 Å². The third kappa shape index (κ3) is 5.63. The fourth-order valence-corrected chi connectivity index (χ4v) is 3.78.